The maximum Gasteiger partial charge on any atom is 0.349 e. The number of aromatic nitrogens is 2. The normalized spacial score (nSPS) is 10.9. The third-order valence-electron chi connectivity index (χ3n) is 5.34. The number of hydrogen-bond acceptors (Lipinski definition) is 3. The van der Waals surface area contributed by atoms with Gasteiger partial charge in [-0.3, -0.25) is 0 Å². The zero-order valence-electron chi connectivity index (χ0n) is 17.2. The third kappa shape index (κ3) is 3.61. The highest BCUT2D eigenvalue weighted by atomic mass is 16.5. The van der Waals surface area contributed by atoms with Crippen LogP contribution in [-0.4, -0.2) is 4.40 Å². The fourth-order valence-electron chi connectivity index (χ4n) is 3.80. The lowest BCUT2D eigenvalue weighted by atomic mass is 10.1. The van der Waals surface area contributed by atoms with E-state index in [4.69, 9.17) is 4.74 Å². The van der Waals surface area contributed by atoms with E-state index in [0.717, 1.165) is 5.56 Å². The molecule has 0 saturated carbocycles. The molecule has 0 radical (unpaired) electrons. The highest BCUT2D eigenvalue weighted by Gasteiger charge is 2.21. The summed E-state index contributed by atoms with van der Waals surface area (Å²) in [6, 6.07) is 31.6. The summed E-state index contributed by atoms with van der Waals surface area (Å²) in [5.41, 5.74) is 1.78. The summed E-state index contributed by atoms with van der Waals surface area (Å²) in [7, 11) is 0. The Kier molecular flexibility index (Phi) is 5.14. The van der Waals surface area contributed by atoms with Gasteiger partial charge >= 0.3 is 5.56 Å². The summed E-state index contributed by atoms with van der Waals surface area (Å²) in [6.45, 7) is 0.259. The molecule has 0 unspecified atom stereocenters. The maximum absolute atomic E-state index is 13.6. The molecule has 0 atom stereocenters. The summed E-state index contributed by atoms with van der Waals surface area (Å²) in [6.07, 6.45) is 1.69. The van der Waals surface area contributed by atoms with Crippen molar-refractivity contribution in [2.75, 3.05) is 0 Å². The molecule has 5 aromatic rings. The Morgan fingerprint density at radius 3 is 2.22 bits per heavy atom. The van der Waals surface area contributed by atoms with Gasteiger partial charge in [-0.25, -0.2) is 9.36 Å². The van der Waals surface area contributed by atoms with Crippen LogP contribution >= 0.6 is 0 Å². The van der Waals surface area contributed by atoms with Gasteiger partial charge in [0.25, 0.3) is 5.65 Å². The second-order valence-electron chi connectivity index (χ2n) is 7.39. The van der Waals surface area contributed by atoms with E-state index in [-0.39, 0.29) is 23.5 Å². The van der Waals surface area contributed by atoms with Crippen LogP contribution in [0.25, 0.3) is 16.8 Å². The highest BCUT2D eigenvalue weighted by molar-refractivity contribution is 5.66. The minimum atomic E-state index is -0.332. The van der Waals surface area contributed by atoms with Crippen molar-refractivity contribution in [2.24, 2.45) is 0 Å². The van der Waals surface area contributed by atoms with Gasteiger partial charge in [-0.15, -0.1) is 0 Å². The number of nitrogens with zero attached hydrogens (tertiary/aromatic N) is 2. The van der Waals surface area contributed by atoms with Crippen LogP contribution < -0.4 is 20.0 Å². The molecule has 0 amide bonds. The van der Waals surface area contributed by atoms with Crippen molar-refractivity contribution in [3.63, 3.8) is 0 Å². The van der Waals surface area contributed by atoms with Crippen molar-refractivity contribution in [2.45, 2.75) is 6.54 Å². The third-order valence-corrected chi connectivity index (χ3v) is 5.34. The summed E-state index contributed by atoms with van der Waals surface area (Å²) < 4.78 is 9.23. The monoisotopic (exact) mass is 420 g/mol. The average Bonchev–Trinajstić information content (AvgIpc) is 2.84. The van der Waals surface area contributed by atoms with Crippen LogP contribution in [0.3, 0.4) is 0 Å². The molecule has 3 aromatic carbocycles. The van der Waals surface area contributed by atoms with E-state index in [1.54, 1.807) is 35.0 Å². The summed E-state index contributed by atoms with van der Waals surface area (Å²) >= 11 is 0. The highest BCUT2D eigenvalue weighted by Crippen LogP contribution is 2.26. The predicted octanol–water partition coefficient (Wildman–Crippen LogP) is 4.17. The molecular weight excluding hydrogens is 400 g/mol. The van der Waals surface area contributed by atoms with Crippen molar-refractivity contribution in [1.82, 2.24) is 4.40 Å². The molecule has 0 spiro atoms. The van der Waals surface area contributed by atoms with Gasteiger partial charge in [0.1, 0.15) is 23.6 Å². The number of para-hydroxylation sites is 2. The van der Waals surface area contributed by atoms with Gasteiger partial charge in [0, 0.05) is 11.6 Å². The molecule has 5 rings (SSSR count). The lowest BCUT2D eigenvalue weighted by Crippen LogP contribution is -2.44. The Bertz CT molecular complexity index is 1450. The molecule has 0 saturated heterocycles. The first-order valence-electron chi connectivity index (χ1n) is 10.3. The Balaban J connectivity index is 1.67. The topological polar surface area (TPSA) is 57.6 Å². The first kappa shape index (κ1) is 19.6. The average molecular weight is 420 g/mol. The van der Waals surface area contributed by atoms with Crippen molar-refractivity contribution in [1.29, 1.82) is 0 Å². The predicted molar refractivity (Wildman–Crippen MR) is 121 cm³/mol. The van der Waals surface area contributed by atoms with Gasteiger partial charge in [-0.1, -0.05) is 72.8 Å². The van der Waals surface area contributed by atoms with Crippen LogP contribution in [0.1, 0.15) is 5.56 Å². The van der Waals surface area contributed by atoms with Crippen LogP contribution in [0.4, 0.5) is 0 Å². The lowest BCUT2D eigenvalue weighted by Gasteiger charge is -2.18. The second kappa shape index (κ2) is 8.40. The molecule has 0 aliphatic rings. The largest absolute Gasteiger partial charge is 0.842 e. The van der Waals surface area contributed by atoms with Crippen LogP contribution in [0, 0.1) is 0 Å². The summed E-state index contributed by atoms with van der Waals surface area (Å²) in [5, 5.41) is 13.6. The molecular formula is C27H20N2O3. The second-order valence-corrected chi connectivity index (χ2v) is 7.39. The molecule has 156 valence electrons. The van der Waals surface area contributed by atoms with E-state index in [2.05, 4.69) is 0 Å². The standard InChI is InChI=1S/C27H20N2O3/c30-26-25(20-11-3-1-4-12-20)27(31)29(24-17-9-10-18-28(24)26)19-21-13-7-8-16-23(21)32-22-14-5-2-6-15-22/h1-18H,19H2. The molecule has 2 heterocycles. The van der Waals surface area contributed by atoms with Gasteiger partial charge in [0.15, 0.2) is 0 Å². The molecule has 32 heavy (non-hydrogen) atoms. The molecule has 0 bridgehead atoms. The Morgan fingerprint density at radius 1 is 0.781 bits per heavy atom. The number of ether oxygens (including phenoxy) is 1. The van der Waals surface area contributed by atoms with E-state index in [9.17, 15) is 9.90 Å². The Labute approximate surface area is 185 Å². The number of rotatable bonds is 5. The summed E-state index contributed by atoms with van der Waals surface area (Å²) in [5.74, 6) is 1.04. The van der Waals surface area contributed by atoms with Gasteiger partial charge in [0.05, 0.1) is 12.1 Å². The van der Waals surface area contributed by atoms with Crippen LogP contribution in [0.2, 0.25) is 0 Å². The lowest BCUT2D eigenvalue weighted by molar-refractivity contribution is -0.708. The van der Waals surface area contributed by atoms with Gasteiger partial charge < -0.3 is 9.84 Å². The number of hydrogen-bond donors (Lipinski definition) is 0. The van der Waals surface area contributed by atoms with Crippen molar-refractivity contribution in [3.05, 3.63) is 125 Å². The van der Waals surface area contributed by atoms with Gasteiger partial charge in [-0.05, 0) is 29.8 Å². The first-order valence-corrected chi connectivity index (χ1v) is 10.3. The molecule has 0 N–H and O–H groups in total. The molecule has 5 heteroatoms. The Morgan fingerprint density at radius 2 is 1.44 bits per heavy atom. The molecule has 2 aromatic heterocycles. The SMILES string of the molecule is O=c1c(-c2ccccc2)c([O-])[n+](Cc2ccccc2Oc2ccccc2)c2ccccn12. The van der Waals surface area contributed by atoms with Crippen LogP contribution in [-0.2, 0) is 6.54 Å². The zero-order valence-corrected chi connectivity index (χ0v) is 17.2. The van der Waals surface area contributed by atoms with E-state index >= 15 is 0 Å². The summed E-state index contributed by atoms with van der Waals surface area (Å²) in [4.78, 5) is 13.2. The minimum Gasteiger partial charge on any atom is -0.842 e. The minimum absolute atomic E-state index is 0.149. The van der Waals surface area contributed by atoms with Gasteiger partial charge in [0.2, 0.25) is 0 Å². The maximum atomic E-state index is 13.6. The number of pyridine rings is 1. The van der Waals surface area contributed by atoms with E-state index < -0.39 is 0 Å². The van der Waals surface area contributed by atoms with Crippen molar-refractivity contribution < 1.29 is 14.4 Å². The van der Waals surface area contributed by atoms with Crippen molar-refractivity contribution in [3.8, 4) is 28.5 Å². The van der Waals surface area contributed by atoms with Crippen molar-refractivity contribution >= 4 is 5.65 Å². The number of fused-ring (bicyclic) bond motifs is 1. The van der Waals surface area contributed by atoms with Crippen LogP contribution in [0.5, 0.6) is 17.4 Å². The first-order chi connectivity index (χ1) is 15.7. The number of benzene rings is 3. The molecule has 0 fully saturated rings. The molecule has 0 aliphatic heterocycles. The van der Waals surface area contributed by atoms with E-state index in [1.807, 2.05) is 78.9 Å². The smallest absolute Gasteiger partial charge is 0.349 e. The zero-order chi connectivity index (χ0) is 21.9. The quantitative estimate of drug-likeness (QED) is 0.401. The van der Waals surface area contributed by atoms with E-state index in [1.165, 1.54) is 4.40 Å². The van der Waals surface area contributed by atoms with Crippen LogP contribution in [0.15, 0.2) is 114 Å². The van der Waals surface area contributed by atoms with Gasteiger partial charge in [-0.2, -0.15) is 4.40 Å². The molecule has 0 aliphatic carbocycles. The van der Waals surface area contributed by atoms with E-state index in [0.29, 0.717) is 22.7 Å². The Hall–Kier alpha value is -4.38. The molecule has 5 nitrogen and oxygen atoms in total. The fourth-order valence-corrected chi connectivity index (χ4v) is 3.80. The fraction of sp³-hybridized carbons (Fsp3) is 0.0370.